The van der Waals surface area contributed by atoms with Gasteiger partial charge in [0.2, 0.25) is 0 Å². The minimum atomic E-state index is -0.810. The lowest BCUT2D eigenvalue weighted by Crippen LogP contribution is -2.34. The quantitative estimate of drug-likeness (QED) is 0.584. The zero-order valence-corrected chi connectivity index (χ0v) is 18.4. The molecule has 0 heterocycles. The third-order valence-electron chi connectivity index (χ3n) is 3.97. The van der Waals surface area contributed by atoms with Gasteiger partial charge in [-0.3, -0.25) is 14.9 Å². The molecule has 2 amide bonds. The number of esters is 1. The highest BCUT2D eigenvalue weighted by atomic mass is 35.5. The van der Waals surface area contributed by atoms with Crippen molar-refractivity contribution in [1.82, 2.24) is 5.32 Å². The smallest absolute Gasteiger partial charge is 0.338 e. The molecule has 1 N–H and O–H groups in total. The summed E-state index contributed by atoms with van der Waals surface area (Å²) in [6, 6.07) is 9.18. The van der Waals surface area contributed by atoms with Crippen LogP contribution in [-0.4, -0.2) is 45.2 Å². The van der Waals surface area contributed by atoms with Crippen molar-refractivity contribution in [2.45, 2.75) is 13.8 Å². The highest BCUT2D eigenvalue weighted by Crippen LogP contribution is 2.36. The molecule has 9 heteroatoms. The Kier molecular flexibility index (Phi) is 8.69. The first-order valence-corrected chi connectivity index (χ1v) is 9.79. The fraction of sp³-hybridized carbons (Fsp3) is 0.318. The first kappa shape index (κ1) is 24.0. The molecule has 2 aromatic rings. The van der Waals surface area contributed by atoms with Gasteiger partial charge in [-0.15, -0.1) is 0 Å². The predicted octanol–water partition coefficient (Wildman–Crippen LogP) is 3.51. The number of methoxy groups -OCH3 is 2. The van der Waals surface area contributed by atoms with E-state index in [9.17, 15) is 14.4 Å². The Morgan fingerprint density at radius 2 is 1.71 bits per heavy atom. The van der Waals surface area contributed by atoms with Gasteiger partial charge in [0.1, 0.15) is 5.75 Å². The number of para-hydroxylation sites is 1. The van der Waals surface area contributed by atoms with E-state index < -0.39 is 24.4 Å². The number of carbonyl (C=O) groups excluding carboxylic acids is 3. The van der Waals surface area contributed by atoms with Gasteiger partial charge in [-0.25, -0.2) is 4.79 Å². The molecule has 8 nitrogen and oxygen atoms in total. The van der Waals surface area contributed by atoms with Gasteiger partial charge in [-0.05, 0) is 30.2 Å². The second kappa shape index (κ2) is 11.2. The summed E-state index contributed by atoms with van der Waals surface area (Å²) >= 11 is 6.22. The molecule has 0 spiro atoms. The van der Waals surface area contributed by atoms with Crippen LogP contribution in [0.4, 0.5) is 0 Å². The molecule has 0 aliphatic carbocycles. The highest BCUT2D eigenvalue weighted by molar-refractivity contribution is 6.32. The Hall–Kier alpha value is -3.26. The number of amides is 2. The molecule has 0 saturated carbocycles. The minimum absolute atomic E-state index is 0.0719. The second-order valence-corrected chi connectivity index (χ2v) is 7.26. The summed E-state index contributed by atoms with van der Waals surface area (Å²) in [5, 5.41) is 2.31. The third-order valence-corrected chi connectivity index (χ3v) is 4.25. The van der Waals surface area contributed by atoms with E-state index in [1.165, 1.54) is 32.4 Å². The molecule has 0 saturated heterocycles. The predicted molar refractivity (Wildman–Crippen MR) is 114 cm³/mol. The third kappa shape index (κ3) is 6.62. The minimum Gasteiger partial charge on any atom is -0.496 e. The van der Waals surface area contributed by atoms with Gasteiger partial charge in [0.25, 0.3) is 11.8 Å². The van der Waals surface area contributed by atoms with Crippen molar-refractivity contribution < 1.29 is 33.3 Å². The Morgan fingerprint density at radius 3 is 2.35 bits per heavy atom. The van der Waals surface area contributed by atoms with Crippen LogP contribution in [0.15, 0.2) is 36.4 Å². The average molecular weight is 450 g/mol. The molecular weight excluding hydrogens is 426 g/mol. The zero-order chi connectivity index (χ0) is 23.0. The molecule has 0 atom stereocenters. The average Bonchev–Trinajstić information content (AvgIpc) is 2.75. The summed E-state index contributed by atoms with van der Waals surface area (Å²) in [7, 11) is 2.83. The molecule has 0 fully saturated rings. The lowest BCUT2D eigenvalue weighted by atomic mass is 10.2. The van der Waals surface area contributed by atoms with Gasteiger partial charge in [0, 0.05) is 0 Å². The fourth-order valence-corrected chi connectivity index (χ4v) is 2.77. The van der Waals surface area contributed by atoms with Crippen molar-refractivity contribution >= 4 is 29.4 Å². The van der Waals surface area contributed by atoms with Gasteiger partial charge in [0.05, 0.1) is 37.0 Å². The summed E-state index contributed by atoms with van der Waals surface area (Å²) in [5.74, 6) is -1.12. The molecule has 0 aliphatic rings. The molecule has 166 valence electrons. The van der Waals surface area contributed by atoms with Crippen molar-refractivity contribution in [2.75, 3.05) is 27.4 Å². The van der Waals surface area contributed by atoms with E-state index in [1.54, 1.807) is 18.2 Å². The standard InChI is InChI=1S/C22H24ClNO7/c1-13(2)11-30-20-16(23)9-14(10-18(20)29-4)22(27)31-12-19(25)24-21(26)15-7-5-6-8-17(15)28-3/h5-10,13H,11-12H2,1-4H3,(H,24,25,26). The van der Waals surface area contributed by atoms with E-state index in [0.717, 1.165) is 0 Å². The number of ether oxygens (including phenoxy) is 4. The van der Waals surface area contributed by atoms with Crippen LogP contribution in [0.3, 0.4) is 0 Å². The summed E-state index contributed by atoms with van der Waals surface area (Å²) in [5.41, 5.74) is 0.251. The van der Waals surface area contributed by atoms with Crippen LogP contribution in [0, 0.1) is 5.92 Å². The molecule has 0 bridgehead atoms. The summed E-state index contributed by atoms with van der Waals surface area (Å²) < 4.78 is 21.0. The number of nitrogens with one attached hydrogen (secondary N) is 1. The molecule has 0 aliphatic heterocycles. The number of carbonyl (C=O) groups is 3. The number of hydrogen-bond acceptors (Lipinski definition) is 7. The van der Waals surface area contributed by atoms with E-state index in [1.807, 2.05) is 13.8 Å². The number of halogens is 1. The highest BCUT2D eigenvalue weighted by Gasteiger charge is 2.19. The van der Waals surface area contributed by atoms with Crippen LogP contribution in [0.1, 0.15) is 34.6 Å². The van der Waals surface area contributed by atoms with Gasteiger partial charge in [-0.2, -0.15) is 0 Å². The molecule has 0 radical (unpaired) electrons. The van der Waals surface area contributed by atoms with Crippen LogP contribution >= 0.6 is 11.6 Å². The Balaban J connectivity index is 2.01. The SMILES string of the molecule is COc1ccccc1C(=O)NC(=O)COC(=O)c1cc(Cl)c(OCC(C)C)c(OC)c1. The maximum Gasteiger partial charge on any atom is 0.338 e. The summed E-state index contributed by atoms with van der Waals surface area (Å²) in [6.07, 6.45) is 0. The van der Waals surface area contributed by atoms with Crippen LogP contribution in [-0.2, 0) is 9.53 Å². The van der Waals surface area contributed by atoms with E-state index >= 15 is 0 Å². The lowest BCUT2D eigenvalue weighted by molar-refractivity contribution is -0.123. The van der Waals surface area contributed by atoms with E-state index in [4.69, 9.17) is 30.5 Å². The Labute approximate surface area is 185 Å². The topological polar surface area (TPSA) is 100 Å². The van der Waals surface area contributed by atoms with Gasteiger partial charge in [0.15, 0.2) is 18.1 Å². The molecule has 2 rings (SSSR count). The van der Waals surface area contributed by atoms with Crippen LogP contribution < -0.4 is 19.5 Å². The summed E-state index contributed by atoms with van der Waals surface area (Å²) in [6.45, 7) is 3.72. The monoisotopic (exact) mass is 449 g/mol. The number of hydrogen-bond donors (Lipinski definition) is 1. The maximum absolute atomic E-state index is 12.3. The maximum atomic E-state index is 12.3. The number of imide groups is 1. The zero-order valence-electron chi connectivity index (χ0n) is 17.7. The fourth-order valence-electron chi connectivity index (χ4n) is 2.50. The Morgan fingerprint density at radius 1 is 1.03 bits per heavy atom. The van der Waals surface area contributed by atoms with Gasteiger partial charge < -0.3 is 18.9 Å². The van der Waals surface area contributed by atoms with Crippen LogP contribution in [0.5, 0.6) is 17.2 Å². The molecule has 0 aromatic heterocycles. The normalized spacial score (nSPS) is 10.4. The summed E-state index contributed by atoms with van der Waals surface area (Å²) in [4.78, 5) is 36.6. The lowest BCUT2D eigenvalue weighted by Gasteiger charge is -2.15. The van der Waals surface area contributed by atoms with Gasteiger partial charge >= 0.3 is 5.97 Å². The first-order chi connectivity index (χ1) is 14.8. The van der Waals surface area contributed by atoms with Crippen LogP contribution in [0.25, 0.3) is 0 Å². The van der Waals surface area contributed by atoms with Crippen LogP contribution in [0.2, 0.25) is 5.02 Å². The molecule has 31 heavy (non-hydrogen) atoms. The van der Waals surface area contributed by atoms with Crippen molar-refractivity contribution in [3.05, 3.63) is 52.5 Å². The molecule has 0 unspecified atom stereocenters. The van der Waals surface area contributed by atoms with E-state index in [2.05, 4.69) is 5.32 Å². The van der Waals surface area contributed by atoms with Crippen molar-refractivity contribution in [1.29, 1.82) is 0 Å². The Bertz CT molecular complexity index is 959. The largest absolute Gasteiger partial charge is 0.496 e. The number of rotatable bonds is 9. The second-order valence-electron chi connectivity index (χ2n) is 6.85. The van der Waals surface area contributed by atoms with Gasteiger partial charge in [-0.1, -0.05) is 37.6 Å². The molecular formula is C22H24ClNO7. The molecule has 2 aromatic carbocycles. The van der Waals surface area contributed by atoms with E-state index in [-0.39, 0.29) is 27.8 Å². The number of benzene rings is 2. The van der Waals surface area contributed by atoms with E-state index in [0.29, 0.717) is 18.1 Å². The van der Waals surface area contributed by atoms with Crippen molar-refractivity contribution in [3.63, 3.8) is 0 Å². The first-order valence-electron chi connectivity index (χ1n) is 9.41. The van der Waals surface area contributed by atoms with Crippen molar-refractivity contribution in [3.8, 4) is 17.2 Å². The van der Waals surface area contributed by atoms with Crippen molar-refractivity contribution in [2.24, 2.45) is 5.92 Å².